The molecule has 0 bridgehead atoms. The van der Waals surface area contributed by atoms with Gasteiger partial charge in [0.25, 0.3) is 0 Å². The average Bonchev–Trinajstić information content (AvgIpc) is 2.83. The van der Waals surface area contributed by atoms with Gasteiger partial charge in [0.15, 0.2) is 5.78 Å². The summed E-state index contributed by atoms with van der Waals surface area (Å²) in [7, 11) is 0. The maximum absolute atomic E-state index is 12.1. The second-order valence-electron chi connectivity index (χ2n) is 4.75. The summed E-state index contributed by atoms with van der Waals surface area (Å²) in [6.07, 6.45) is 3.41. The quantitative estimate of drug-likeness (QED) is 0.849. The maximum Gasteiger partial charge on any atom is 0.304 e. The molecule has 0 spiro atoms. The summed E-state index contributed by atoms with van der Waals surface area (Å²) in [5.74, 6) is -0.769. The molecule has 0 saturated carbocycles. The van der Waals surface area contributed by atoms with Crippen LogP contribution in [0.1, 0.15) is 29.5 Å². The van der Waals surface area contributed by atoms with Crippen LogP contribution in [0.2, 0.25) is 0 Å². The van der Waals surface area contributed by atoms with Crippen LogP contribution in [0.5, 0.6) is 0 Å². The van der Waals surface area contributed by atoms with E-state index in [0.717, 1.165) is 11.5 Å². The van der Waals surface area contributed by atoms with Gasteiger partial charge in [-0.1, -0.05) is 6.92 Å². The summed E-state index contributed by atoms with van der Waals surface area (Å²) in [4.78, 5) is 26.8. The van der Waals surface area contributed by atoms with Gasteiger partial charge in [0, 0.05) is 29.6 Å². The fourth-order valence-corrected chi connectivity index (χ4v) is 2.08. The largest absolute Gasteiger partial charge is 0.481 e. The third kappa shape index (κ3) is 2.93. The van der Waals surface area contributed by atoms with Crippen molar-refractivity contribution in [3.63, 3.8) is 0 Å². The highest BCUT2D eigenvalue weighted by molar-refractivity contribution is 5.99. The SMILES string of the molecule is Cc1nccn1-c1ccc(C(=O)C(C)CC(=O)O)cc1. The van der Waals surface area contributed by atoms with E-state index in [-0.39, 0.29) is 12.2 Å². The van der Waals surface area contributed by atoms with Gasteiger partial charge in [0.2, 0.25) is 0 Å². The molecule has 1 aromatic heterocycles. The molecular weight excluding hydrogens is 256 g/mol. The Morgan fingerprint density at radius 1 is 1.30 bits per heavy atom. The zero-order chi connectivity index (χ0) is 14.7. The van der Waals surface area contributed by atoms with Crippen LogP contribution in [-0.4, -0.2) is 26.4 Å². The summed E-state index contributed by atoms with van der Waals surface area (Å²) >= 11 is 0. The maximum atomic E-state index is 12.1. The van der Waals surface area contributed by atoms with Gasteiger partial charge < -0.3 is 9.67 Å². The molecule has 20 heavy (non-hydrogen) atoms. The van der Waals surface area contributed by atoms with E-state index in [4.69, 9.17) is 5.11 Å². The lowest BCUT2D eigenvalue weighted by Crippen LogP contribution is -2.15. The molecule has 0 aliphatic rings. The monoisotopic (exact) mass is 272 g/mol. The fourth-order valence-electron chi connectivity index (χ4n) is 2.08. The molecule has 1 aromatic carbocycles. The molecule has 5 nitrogen and oxygen atoms in total. The highest BCUT2D eigenvalue weighted by atomic mass is 16.4. The second-order valence-corrected chi connectivity index (χ2v) is 4.75. The number of carboxylic acids is 1. The number of ketones is 1. The van der Waals surface area contributed by atoms with E-state index >= 15 is 0 Å². The number of carbonyl (C=O) groups excluding carboxylic acids is 1. The van der Waals surface area contributed by atoms with Crippen LogP contribution < -0.4 is 0 Å². The van der Waals surface area contributed by atoms with Gasteiger partial charge in [-0.15, -0.1) is 0 Å². The molecule has 2 aromatic rings. The summed E-state index contributed by atoms with van der Waals surface area (Å²) in [6.45, 7) is 3.53. The minimum atomic E-state index is -0.962. The normalized spacial score (nSPS) is 12.1. The molecule has 1 heterocycles. The third-order valence-corrected chi connectivity index (χ3v) is 3.18. The second kappa shape index (κ2) is 5.69. The first-order chi connectivity index (χ1) is 9.49. The molecule has 5 heteroatoms. The number of carboxylic acid groups (broad SMARTS) is 1. The van der Waals surface area contributed by atoms with Gasteiger partial charge in [-0.05, 0) is 31.2 Å². The Balaban J connectivity index is 2.18. The molecule has 0 radical (unpaired) electrons. The molecule has 0 saturated heterocycles. The van der Waals surface area contributed by atoms with Crippen LogP contribution in [0, 0.1) is 12.8 Å². The van der Waals surface area contributed by atoms with E-state index < -0.39 is 11.9 Å². The number of aliphatic carboxylic acids is 1. The summed E-state index contributed by atoms with van der Waals surface area (Å²) in [6, 6.07) is 7.09. The number of aromatic nitrogens is 2. The number of imidazole rings is 1. The van der Waals surface area contributed by atoms with Crippen molar-refractivity contribution in [1.82, 2.24) is 9.55 Å². The van der Waals surface area contributed by atoms with E-state index in [1.807, 2.05) is 29.8 Å². The van der Waals surface area contributed by atoms with Crippen molar-refractivity contribution >= 4 is 11.8 Å². The molecule has 0 aliphatic carbocycles. The number of hydrogen-bond acceptors (Lipinski definition) is 3. The molecule has 2 rings (SSSR count). The van der Waals surface area contributed by atoms with E-state index in [9.17, 15) is 9.59 Å². The van der Waals surface area contributed by atoms with Crippen molar-refractivity contribution in [3.8, 4) is 5.69 Å². The van der Waals surface area contributed by atoms with E-state index in [1.165, 1.54) is 0 Å². The Morgan fingerprint density at radius 3 is 2.45 bits per heavy atom. The highest BCUT2D eigenvalue weighted by Gasteiger charge is 2.18. The van der Waals surface area contributed by atoms with Gasteiger partial charge in [-0.2, -0.15) is 0 Å². The first-order valence-electron chi connectivity index (χ1n) is 6.35. The lowest BCUT2D eigenvalue weighted by molar-refractivity contribution is -0.137. The number of rotatable bonds is 5. The van der Waals surface area contributed by atoms with Crippen LogP contribution in [0.25, 0.3) is 5.69 Å². The van der Waals surface area contributed by atoms with Crippen LogP contribution in [0.3, 0.4) is 0 Å². The van der Waals surface area contributed by atoms with Crippen molar-refractivity contribution in [2.75, 3.05) is 0 Å². The predicted molar refractivity (Wildman–Crippen MR) is 74.0 cm³/mol. The van der Waals surface area contributed by atoms with Crippen molar-refractivity contribution in [2.45, 2.75) is 20.3 Å². The molecule has 1 atom stereocenters. The van der Waals surface area contributed by atoms with Gasteiger partial charge in [0.1, 0.15) is 5.82 Å². The van der Waals surface area contributed by atoms with E-state index in [1.54, 1.807) is 25.3 Å². The number of nitrogens with zero attached hydrogens (tertiary/aromatic N) is 2. The number of Topliss-reactive ketones (excluding diaryl/α,β-unsaturated/α-hetero) is 1. The zero-order valence-electron chi connectivity index (χ0n) is 11.4. The van der Waals surface area contributed by atoms with E-state index in [0.29, 0.717) is 5.56 Å². The molecule has 1 unspecified atom stereocenters. The van der Waals surface area contributed by atoms with Crippen LogP contribution in [0.4, 0.5) is 0 Å². The van der Waals surface area contributed by atoms with Gasteiger partial charge in [0.05, 0.1) is 6.42 Å². The Hall–Kier alpha value is -2.43. The third-order valence-electron chi connectivity index (χ3n) is 3.18. The van der Waals surface area contributed by atoms with Crippen LogP contribution in [0.15, 0.2) is 36.7 Å². The topological polar surface area (TPSA) is 72.2 Å². The van der Waals surface area contributed by atoms with E-state index in [2.05, 4.69) is 4.98 Å². The minimum Gasteiger partial charge on any atom is -0.481 e. The average molecular weight is 272 g/mol. The van der Waals surface area contributed by atoms with Crippen molar-refractivity contribution in [2.24, 2.45) is 5.92 Å². The summed E-state index contributed by atoms with van der Waals surface area (Å²) in [5.41, 5.74) is 1.45. The summed E-state index contributed by atoms with van der Waals surface area (Å²) in [5, 5.41) is 8.72. The van der Waals surface area contributed by atoms with Gasteiger partial charge in [-0.3, -0.25) is 9.59 Å². The van der Waals surface area contributed by atoms with Crippen LogP contribution in [-0.2, 0) is 4.79 Å². The smallest absolute Gasteiger partial charge is 0.304 e. The Kier molecular flexibility index (Phi) is 3.98. The highest BCUT2D eigenvalue weighted by Crippen LogP contribution is 2.16. The number of benzene rings is 1. The standard InChI is InChI=1S/C15H16N2O3/c1-10(9-14(18)19)15(20)12-3-5-13(6-4-12)17-8-7-16-11(17)2/h3-8,10H,9H2,1-2H3,(H,18,19). The molecule has 0 amide bonds. The zero-order valence-corrected chi connectivity index (χ0v) is 11.4. The number of hydrogen-bond donors (Lipinski definition) is 1. The molecule has 0 fully saturated rings. The Morgan fingerprint density at radius 2 is 1.95 bits per heavy atom. The summed E-state index contributed by atoms with van der Waals surface area (Å²) < 4.78 is 1.91. The molecule has 0 aliphatic heterocycles. The molecule has 1 N–H and O–H groups in total. The molecule has 104 valence electrons. The van der Waals surface area contributed by atoms with Gasteiger partial charge >= 0.3 is 5.97 Å². The first-order valence-corrected chi connectivity index (χ1v) is 6.35. The lowest BCUT2D eigenvalue weighted by Gasteiger charge is -2.09. The van der Waals surface area contributed by atoms with Crippen LogP contribution >= 0.6 is 0 Å². The van der Waals surface area contributed by atoms with Crippen molar-refractivity contribution in [3.05, 3.63) is 48.0 Å². The first kappa shape index (κ1) is 14.0. The Bertz CT molecular complexity index is 629. The van der Waals surface area contributed by atoms with Gasteiger partial charge in [-0.25, -0.2) is 4.98 Å². The Labute approximate surface area is 116 Å². The fraction of sp³-hybridized carbons (Fsp3) is 0.267. The van der Waals surface area contributed by atoms with Crippen molar-refractivity contribution < 1.29 is 14.7 Å². The number of carbonyl (C=O) groups is 2. The predicted octanol–water partition coefficient (Wildman–Crippen LogP) is 2.47. The lowest BCUT2D eigenvalue weighted by atomic mass is 9.96. The minimum absolute atomic E-state index is 0.152. The number of aryl methyl sites for hydroxylation is 1. The molecular formula is C15H16N2O3. The van der Waals surface area contributed by atoms with Crippen molar-refractivity contribution in [1.29, 1.82) is 0 Å².